The topological polar surface area (TPSA) is 124 Å². The molecular formula is C26H26N8O2. The van der Waals surface area contributed by atoms with Crippen molar-refractivity contribution in [1.82, 2.24) is 29.5 Å². The minimum atomic E-state index is -0.0345. The molecule has 4 aromatic rings. The highest BCUT2D eigenvalue weighted by molar-refractivity contribution is 5.96. The molecule has 0 radical (unpaired) electrons. The van der Waals surface area contributed by atoms with Crippen LogP contribution in [0.15, 0.2) is 36.7 Å². The average Bonchev–Trinajstić information content (AvgIpc) is 3.55. The van der Waals surface area contributed by atoms with Crippen LogP contribution >= 0.6 is 0 Å². The summed E-state index contributed by atoms with van der Waals surface area (Å²) in [5, 5.41) is 21.9. The summed E-state index contributed by atoms with van der Waals surface area (Å²) >= 11 is 0. The maximum absolute atomic E-state index is 12.1. The van der Waals surface area contributed by atoms with Crippen molar-refractivity contribution in [3.63, 3.8) is 0 Å². The van der Waals surface area contributed by atoms with Gasteiger partial charge < -0.3 is 10.1 Å². The van der Waals surface area contributed by atoms with E-state index >= 15 is 0 Å². The van der Waals surface area contributed by atoms with Crippen LogP contribution in [0.25, 0.3) is 17.1 Å². The van der Waals surface area contributed by atoms with E-state index in [0.717, 1.165) is 17.8 Å². The standard InChI is InChI=1S/C26H26N8O2/c1-15-23(17(3)35)16(2)34(31-15)22-11-21(28-14-29-22)30-26-25(36-4)24(32-33(26)13-19-5-6-19)20-9-7-18(12-27)8-10-20/h7-11,14,19H,5-6,13H2,1-4H3,(H,28,29,30). The quantitative estimate of drug-likeness (QED) is 0.367. The van der Waals surface area contributed by atoms with Crippen molar-refractivity contribution in [3.8, 4) is 28.9 Å². The molecule has 0 unspecified atom stereocenters. The highest BCUT2D eigenvalue weighted by Crippen LogP contribution is 2.40. The second kappa shape index (κ2) is 9.26. The van der Waals surface area contributed by atoms with Gasteiger partial charge in [-0.2, -0.15) is 15.5 Å². The Hall–Kier alpha value is -4.52. The molecule has 10 heteroatoms. The van der Waals surface area contributed by atoms with Crippen LogP contribution in [0, 0.1) is 31.1 Å². The summed E-state index contributed by atoms with van der Waals surface area (Å²) in [5.74, 6) is 2.90. The minimum absolute atomic E-state index is 0.0345. The van der Waals surface area contributed by atoms with Gasteiger partial charge in [-0.25, -0.2) is 19.3 Å². The van der Waals surface area contributed by atoms with E-state index in [1.807, 2.05) is 30.7 Å². The predicted molar refractivity (Wildman–Crippen MR) is 134 cm³/mol. The molecule has 0 bridgehead atoms. The number of aromatic nitrogens is 6. The van der Waals surface area contributed by atoms with Gasteiger partial charge in [-0.15, -0.1) is 0 Å². The number of nitriles is 1. The second-order valence-corrected chi connectivity index (χ2v) is 8.95. The van der Waals surface area contributed by atoms with Gasteiger partial charge >= 0.3 is 0 Å². The molecule has 1 aromatic carbocycles. The minimum Gasteiger partial charge on any atom is -0.491 e. The molecule has 1 aliphatic carbocycles. The summed E-state index contributed by atoms with van der Waals surface area (Å²) in [7, 11) is 1.61. The first-order chi connectivity index (χ1) is 17.4. The molecule has 3 aromatic heterocycles. The van der Waals surface area contributed by atoms with E-state index in [-0.39, 0.29) is 5.78 Å². The Morgan fingerprint density at radius 1 is 1.19 bits per heavy atom. The van der Waals surface area contributed by atoms with E-state index in [2.05, 4.69) is 26.5 Å². The number of Topliss-reactive ketones (excluding diaryl/α,β-unsaturated/α-hetero) is 1. The normalized spacial score (nSPS) is 12.9. The first kappa shape index (κ1) is 23.2. The van der Waals surface area contributed by atoms with Crippen molar-refractivity contribution >= 4 is 17.4 Å². The Balaban J connectivity index is 1.54. The van der Waals surface area contributed by atoms with Gasteiger partial charge in [0.1, 0.15) is 17.8 Å². The number of benzene rings is 1. The Morgan fingerprint density at radius 2 is 1.94 bits per heavy atom. The molecule has 1 aliphatic rings. The summed E-state index contributed by atoms with van der Waals surface area (Å²) in [5.41, 5.74) is 4.10. The summed E-state index contributed by atoms with van der Waals surface area (Å²) in [4.78, 5) is 20.8. The maximum atomic E-state index is 12.1. The molecule has 1 fully saturated rings. The third-order valence-electron chi connectivity index (χ3n) is 6.29. The molecule has 1 saturated carbocycles. The maximum Gasteiger partial charge on any atom is 0.189 e. The van der Waals surface area contributed by atoms with E-state index in [0.29, 0.717) is 51.6 Å². The number of carbonyl (C=O) groups is 1. The highest BCUT2D eigenvalue weighted by atomic mass is 16.5. The smallest absolute Gasteiger partial charge is 0.189 e. The molecule has 0 saturated heterocycles. The third kappa shape index (κ3) is 4.31. The lowest BCUT2D eigenvalue weighted by atomic mass is 10.1. The number of anilines is 2. The van der Waals surface area contributed by atoms with Crippen molar-refractivity contribution in [3.05, 3.63) is 59.2 Å². The number of rotatable bonds is 8. The average molecular weight is 483 g/mol. The van der Waals surface area contributed by atoms with Crippen molar-refractivity contribution in [2.75, 3.05) is 12.4 Å². The molecule has 0 aliphatic heterocycles. The number of hydrogen-bond donors (Lipinski definition) is 1. The third-order valence-corrected chi connectivity index (χ3v) is 6.29. The molecule has 10 nitrogen and oxygen atoms in total. The van der Waals surface area contributed by atoms with Crippen LogP contribution in [0.2, 0.25) is 0 Å². The SMILES string of the molecule is COc1c(-c2ccc(C#N)cc2)nn(CC2CC2)c1Nc1cc(-n2nc(C)c(C(C)=O)c2C)ncn1. The molecule has 1 N–H and O–H groups in total. The van der Waals surface area contributed by atoms with E-state index < -0.39 is 0 Å². The van der Waals surface area contributed by atoms with Gasteiger partial charge in [0.2, 0.25) is 0 Å². The molecule has 3 heterocycles. The molecule has 0 atom stereocenters. The fourth-order valence-electron chi connectivity index (χ4n) is 4.36. The van der Waals surface area contributed by atoms with Gasteiger partial charge in [0, 0.05) is 18.2 Å². The first-order valence-corrected chi connectivity index (χ1v) is 11.7. The number of hydrogen-bond acceptors (Lipinski definition) is 8. The summed E-state index contributed by atoms with van der Waals surface area (Å²) in [6, 6.07) is 11.2. The Morgan fingerprint density at radius 3 is 2.56 bits per heavy atom. The largest absolute Gasteiger partial charge is 0.491 e. The fourth-order valence-corrected chi connectivity index (χ4v) is 4.36. The fraction of sp³-hybridized carbons (Fsp3) is 0.308. The number of methoxy groups -OCH3 is 1. The predicted octanol–water partition coefficient (Wildman–Crippen LogP) is 4.38. The molecular weight excluding hydrogens is 456 g/mol. The van der Waals surface area contributed by atoms with Gasteiger partial charge in [0.25, 0.3) is 0 Å². The zero-order valence-electron chi connectivity index (χ0n) is 20.6. The molecule has 5 rings (SSSR count). The second-order valence-electron chi connectivity index (χ2n) is 8.95. The van der Waals surface area contributed by atoms with E-state index in [4.69, 9.17) is 15.1 Å². The van der Waals surface area contributed by atoms with E-state index in [9.17, 15) is 4.79 Å². The summed E-state index contributed by atoms with van der Waals surface area (Å²) < 4.78 is 9.38. The van der Waals surface area contributed by atoms with Crippen LogP contribution < -0.4 is 10.1 Å². The number of carbonyl (C=O) groups excluding carboxylic acids is 1. The number of nitrogens with zero attached hydrogens (tertiary/aromatic N) is 7. The Labute approximate surface area is 208 Å². The van der Waals surface area contributed by atoms with Crippen molar-refractivity contribution in [2.24, 2.45) is 5.92 Å². The Bertz CT molecular complexity index is 1490. The highest BCUT2D eigenvalue weighted by Gasteiger charge is 2.27. The number of ketones is 1. The zero-order valence-corrected chi connectivity index (χ0v) is 20.6. The monoisotopic (exact) mass is 482 g/mol. The lowest BCUT2D eigenvalue weighted by Gasteiger charge is -2.12. The number of nitrogens with one attached hydrogen (secondary N) is 1. The van der Waals surface area contributed by atoms with Crippen LogP contribution in [0.5, 0.6) is 5.75 Å². The van der Waals surface area contributed by atoms with Gasteiger partial charge in [-0.3, -0.25) is 4.79 Å². The van der Waals surface area contributed by atoms with Crippen LogP contribution in [0.4, 0.5) is 11.6 Å². The zero-order chi connectivity index (χ0) is 25.4. The molecule has 0 amide bonds. The van der Waals surface area contributed by atoms with Crippen molar-refractivity contribution in [2.45, 2.75) is 40.2 Å². The van der Waals surface area contributed by atoms with Gasteiger partial charge in [0.05, 0.1) is 35.7 Å². The summed E-state index contributed by atoms with van der Waals surface area (Å²) in [6.45, 7) is 5.95. The van der Waals surface area contributed by atoms with Gasteiger partial charge in [-0.1, -0.05) is 12.1 Å². The van der Waals surface area contributed by atoms with Crippen molar-refractivity contribution < 1.29 is 9.53 Å². The van der Waals surface area contributed by atoms with Crippen LogP contribution in [-0.4, -0.2) is 42.4 Å². The lowest BCUT2D eigenvalue weighted by Crippen LogP contribution is -2.09. The van der Waals surface area contributed by atoms with Gasteiger partial charge in [0.15, 0.2) is 23.2 Å². The number of ether oxygens (including phenoxy) is 1. The lowest BCUT2D eigenvalue weighted by molar-refractivity contribution is 0.101. The van der Waals surface area contributed by atoms with Crippen LogP contribution in [0.1, 0.15) is 47.1 Å². The van der Waals surface area contributed by atoms with Gasteiger partial charge in [-0.05, 0) is 51.7 Å². The first-order valence-electron chi connectivity index (χ1n) is 11.7. The van der Waals surface area contributed by atoms with Crippen LogP contribution in [-0.2, 0) is 6.54 Å². The molecule has 0 spiro atoms. The Kier molecular flexibility index (Phi) is 5.98. The van der Waals surface area contributed by atoms with E-state index in [1.54, 1.807) is 30.0 Å². The molecule has 182 valence electrons. The number of aryl methyl sites for hydroxylation is 1. The van der Waals surface area contributed by atoms with E-state index in [1.165, 1.54) is 26.1 Å². The van der Waals surface area contributed by atoms with Crippen LogP contribution in [0.3, 0.4) is 0 Å². The van der Waals surface area contributed by atoms with Crippen molar-refractivity contribution in [1.29, 1.82) is 5.26 Å². The molecule has 36 heavy (non-hydrogen) atoms. The summed E-state index contributed by atoms with van der Waals surface area (Å²) in [6.07, 6.45) is 3.79.